The van der Waals surface area contributed by atoms with Crippen LogP contribution < -0.4 is 0 Å². The first kappa shape index (κ1) is 13.8. The zero-order valence-electron chi connectivity index (χ0n) is 10.3. The topological polar surface area (TPSA) is 101 Å². The van der Waals surface area contributed by atoms with E-state index in [0.29, 0.717) is 13.1 Å². The van der Waals surface area contributed by atoms with E-state index in [2.05, 4.69) is 0 Å². The molecule has 104 valence electrons. The molecule has 0 saturated carbocycles. The second kappa shape index (κ2) is 4.78. The summed E-state index contributed by atoms with van der Waals surface area (Å²) < 4.78 is 25.9. The molecule has 1 heterocycles. The maximum atomic E-state index is 12.3. The number of aromatic hydroxyl groups is 1. The third-order valence-corrected chi connectivity index (χ3v) is 5.03. The van der Waals surface area contributed by atoms with Crippen molar-refractivity contribution in [2.45, 2.75) is 18.2 Å². The average Bonchev–Trinajstić information content (AvgIpc) is 2.76. The number of hydrogen-bond acceptors (Lipinski definition) is 5. The number of rotatable bonds is 3. The number of hydrogen-bond donors (Lipinski definition) is 1. The minimum atomic E-state index is -3.73. The molecule has 1 saturated heterocycles. The molecule has 2 rings (SSSR count). The van der Waals surface area contributed by atoms with Gasteiger partial charge in [0, 0.05) is 19.2 Å². The molecular formula is C11H14N2O5S. The smallest absolute Gasteiger partial charge is 0.312 e. The van der Waals surface area contributed by atoms with Crippen LogP contribution in [0.25, 0.3) is 0 Å². The second-order valence-corrected chi connectivity index (χ2v) is 6.60. The van der Waals surface area contributed by atoms with Gasteiger partial charge < -0.3 is 5.11 Å². The minimum absolute atomic E-state index is 0.161. The molecule has 1 unspecified atom stereocenters. The number of nitro benzene ring substituents is 1. The molecule has 0 radical (unpaired) electrons. The number of phenolic OH excluding ortho intramolecular Hbond substituents is 1. The predicted molar refractivity (Wildman–Crippen MR) is 67.3 cm³/mol. The molecule has 1 N–H and O–H groups in total. The molecule has 19 heavy (non-hydrogen) atoms. The van der Waals surface area contributed by atoms with Crippen LogP contribution in [0.15, 0.2) is 23.1 Å². The summed E-state index contributed by atoms with van der Waals surface area (Å²) in [6, 6.07) is 3.11. The zero-order chi connectivity index (χ0) is 14.2. The van der Waals surface area contributed by atoms with Crippen LogP contribution in [0.4, 0.5) is 5.69 Å². The molecule has 0 aliphatic carbocycles. The van der Waals surface area contributed by atoms with E-state index in [0.717, 1.165) is 18.6 Å². The van der Waals surface area contributed by atoms with Crippen molar-refractivity contribution >= 4 is 15.7 Å². The average molecular weight is 286 g/mol. The maximum absolute atomic E-state index is 12.3. The molecule has 1 aliphatic heterocycles. The predicted octanol–water partition coefficient (Wildman–Crippen LogP) is 1.33. The van der Waals surface area contributed by atoms with Crippen LogP contribution in [-0.2, 0) is 10.0 Å². The summed E-state index contributed by atoms with van der Waals surface area (Å²) >= 11 is 0. The lowest BCUT2D eigenvalue weighted by Crippen LogP contribution is -2.28. The molecule has 1 aromatic rings. The SMILES string of the molecule is CC1CCN(S(=O)(=O)c2ccc(O)c([N+](=O)[O-])c2)C1. The molecule has 1 fully saturated rings. The van der Waals surface area contributed by atoms with Crippen molar-refractivity contribution < 1.29 is 18.4 Å². The lowest BCUT2D eigenvalue weighted by atomic mass is 10.2. The van der Waals surface area contributed by atoms with Gasteiger partial charge in [0.2, 0.25) is 10.0 Å². The Morgan fingerprint density at radius 3 is 2.68 bits per heavy atom. The number of sulfonamides is 1. The Morgan fingerprint density at radius 2 is 2.16 bits per heavy atom. The summed E-state index contributed by atoms with van der Waals surface area (Å²) in [6.45, 7) is 2.78. The maximum Gasteiger partial charge on any atom is 0.312 e. The highest BCUT2D eigenvalue weighted by Gasteiger charge is 2.32. The Hall–Kier alpha value is -1.67. The Kier molecular flexibility index (Phi) is 3.46. The fourth-order valence-electron chi connectivity index (χ4n) is 2.07. The summed E-state index contributed by atoms with van der Waals surface area (Å²) in [7, 11) is -3.73. The van der Waals surface area contributed by atoms with Crippen molar-refractivity contribution in [2.75, 3.05) is 13.1 Å². The van der Waals surface area contributed by atoms with E-state index in [-0.39, 0.29) is 10.8 Å². The van der Waals surface area contributed by atoms with Gasteiger partial charge in [0.1, 0.15) is 0 Å². The number of nitro groups is 1. The summed E-state index contributed by atoms with van der Waals surface area (Å²) in [6.07, 6.45) is 0.777. The fraction of sp³-hybridized carbons (Fsp3) is 0.455. The van der Waals surface area contributed by atoms with Crippen molar-refractivity contribution in [3.05, 3.63) is 28.3 Å². The molecule has 0 amide bonds. The van der Waals surface area contributed by atoms with Gasteiger partial charge in [-0.25, -0.2) is 8.42 Å². The number of benzene rings is 1. The fourth-order valence-corrected chi connectivity index (χ4v) is 3.67. The summed E-state index contributed by atoms with van der Waals surface area (Å²) in [4.78, 5) is 9.75. The van der Waals surface area contributed by atoms with Crippen molar-refractivity contribution in [2.24, 2.45) is 5.92 Å². The van der Waals surface area contributed by atoms with Gasteiger partial charge in [0.25, 0.3) is 0 Å². The van der Waals surface area contributed by atoms with Crippen LogP contribution in [0.2, 0.25) is 0 Å². The monoisotopic (exact) mass is 286 g/mol. The van der Waals surface area contributed by atoms with Gasteiger partial charge in [-0.05, 0) is 24.5 Å². The molecule has 7 nitrogen and oxygen atoms in total. The zero-order valence-corrected chi connectivity index (χ0v) is 11.1. The lowest BCUT2D eigenvalue weighted by Gasteiger charge is -2.15. The highest BCUT2D eigenvalue weighted by Crippen LogP contribution is 2.31. The minimum Gasteiger partial charge on any atom is -0.502 e. The second-order valence-electron chi connectivity index (χ2n) is 4.66. The van der Waals surface area contributed by atoms with E-state index < -0.39 is 26.4 Å². The molecule has 0 bridgehead atoms. The molecular weight excluding hydrogens is 272 g/mol. The van der Waals surface area contributed by atoms with E-state index in [1.54, 1.807) is 0 Å². The Labute approximate surface area is 110 Å². The van der Waals surface area contributed by atoms with Gasteiger partial charge in [0.15, 0.2) is 5.75 Å². The Morgan fingerprint density at radius 1 is 1.47 bits per heavy atom. The van der Waals surface area contributed by atoms with Gasteiger partial charge in [-0.3, -0.25) is 10.1 Å². The number of phenols is 1. The summed E-state index contributed by atoms with van der Waals surface area (Å²) in [5, 5.41) is 20.0. The lowest BCUT2D eigenvalue weighted by molar-refractivity contribution is -0.386. The van der Waals surface area contributed by atoms with Gasteiger partial charge in [-0.15, -0.1) is 0 Å². The third kappa shape index (κ3) is 2.54. The normalized spacial score (nSPS) is 20.6. The van der Waals surface area contributed by atoms with Gasteiger partial charge >= 0.3 is 5.69 Å². The van der Waals surface area contributed by atoms with Crippen LogP contribution >= 0.6 is 0 Å². The van der Waals surface area contributed by atoms with Crippen molar-refractivity contribution in [1.29, 1.82) is 0 Å². The van der Waals surface area contributed by atoms with Gasteiger partial charge in [0.05, 0.1) is 9.82 Å². The molecule has 1 aliphatic rings. The Bertz CT molecular complexity index is 614. The van der Waals surface area contributed by atoms with Crippen LogP contribution in [-0.4, -0.2) is 35.8 Å². The molecule has 0 spiro atoms. The third-order valence-electron chi connectivity index (χ3n) is 3.17. The van der Waals surface area contributed by atoms with Gasteiger partial charge in [-0.1, -0.05) is 6.92 Å². The van der Waals surface area contributed by atoms with Crippen LogP contribution in [0, 0.1) is 16.0 Å². The molecule has 1 atom stereocenters. The van der Waals surface area contributed by atoms with Crippen LogP contribution in [0.1, 0.15) is 13.3 Å². The molecule has 1 aromatic carbocycles. The number of nitrogens with zero attached hydrogens (tertiary/aromatic N) is 2. The highest BCUT2D eigenvalue weighted by atomic mass is 32.2. The first-order valence-corrected chi connectivity index (χ1v) is 7.24. The summed E-state index contributed by atoms with van der Waals surface area (Å²) in [5.74, 6) is -0.263. The van der Waals surface area contributed by atoms with Crippen LogP contribution in [0.5, 0.6) is 5.75 Å². The van der Waals surface area contributed by atoms with E-state index in [1.165, 1.54) is 10.4 Å². The van der Waals surface area contributed by atoms with Crippen molar-refractivity contribution in [3.63, 3.8) is 0 Å². The van der Waals surface area contributed by atoms with Gasteiger partial charge in [-0.2, -0.15) is 4.31 Å². The van der Waals surface area contributed by atoms with Crippen molar-refractivity contribution in [3.8, 4) is 5.75 Å². The van der Waals surface area contributed by atoms with Crippen molar-refractivity contribution in [1.82, 2.24) is 4.31 Å². The van der Waals surface area contributed by atoms with E-state index in [4.69, 9.17) is 0 Å². The molecule has 0 aromatic heterocycles. The first-order valence-electron chi connectivity index (χ1n) is 5.80. The quantitative estimate of drug-likeness (QED) is 0.667. The highest BCUT2D eigenvalue weighted by molar-refractivity contribution is 7.89. The largest absolute Gasteiger partial charge is 0.502 e. The van der Waals surface area contributed by atoms with E-state index in [9.17, 15) is 23.6 Å². The first-order chi connectivity index (χ1) is 8.82. The summed E-state index contributed by atoms with van der Waals surface area (Å²) in [5.41, 5.74) is -0.603. The van der Waals surface area contributed by atoms with Crippen LogP contribution in [0.3, 0.4) is 0 Å². The Balaban J connectivity index is 2.41. The molecule has 8 heteroatoms. The van der Waals surface area contributed by atoms with E-state index >= 15 is 0 Å². The van der Waals surface area contributed by atoms with E-state index in [1.807, 2.05) is 6.92 Å². The standard InChI is InChI=1S/C11H14N2O5S/c1-8-4-5-12(7-8)19(17,18)9-2-3-11(14)10(6-9)13(15)16/h2-3,6,8,14H,4-5,7H2,1H3.